The molecule has 5 heteroatoms. The van der Waals surface area contributed by atoms with Crippen LogP contribution in [0, 0.1) is 0 Å². The molecule has 1 N–H and O–H groups in total. The zero-order chi connectivity index (χ0) is 14.5. The molecule has 0 saturated carbocycles. The van der Waals surface area contributed by atoms with Crippen molar-refractivity contribution in [1.29, 1.82) is 0 Å². The van der Waals surface area contributed by atoms with Crippen molar-refractivity contribution in [3.63, 3.8) is 0 Å². The van der Waals surface area contributed by atoms with E-state index in [0.29, 0.717) is 10.0 Å². The standard InChI is InChI=1S/C15H19Cl2N3/c1-3-9-18-15(13-8-10-19-20(13)4-2)11-6-5-7-12(16)14(11)17/h5-8,10,15,18H,3-4,9H2,1-2H3. The summed E-state index contributed by atoms with van der Waals surface area (Å²) in [6.07, 6.45) is 2.87. The van der Waals surface area contributed by atoms with Gasteiger partial charge in [0.1, 0.15) is 0 Å². The van der Waals surface area contributed by atoms with Crippen molar-refractivity contribution in [2.24, 2.45) is 0 Å². The summed E-state index contributed by atoms with van der Waals surface area (Å²) in [5.74, 6) is 0. The van der Waals surface area contributed by atoms with Crippen LogP contribution in [-0.4, -0.2) is 16.3 Å². The molecule has 0 radical (unpaired) electrons. The minimum absolute atomic E-state index is 0.00333. The molecule has 0 aliphatic rings. The van der Waals surface area contributed by atoms with Gasteiger partial charge in [-0.3, -0.25) is 4.68 Å². The summed E-state index contributed by atoms with van der Waals surface area (Å²) in [6, 6.07) is 7.77. The number of halogens is 2. The van der Waals surface area contributed by atoms with Crippen LogP contribution in [0.1, 0.15) is 37.6 Å². The van der Waals surface area contributed by atoms with Crippen LogP contribution in [0.5, 0.6) is 0 Å². The predicted molar refractivity (Wildman–Crippen MR) is 84.5 cm³/mol. The predicted octanol–water partition coefficient (Wildman–Crippen LogP) is 4.30. The van der Waals surface area contributed by atoms with Crippen LogP contribution in [-0.2, 0) is 6.54 Å². The fraction of sp³-hybridized carbons (Fsp3) is 0.400. The molecule has 0 spiro atoms. The van der Waals surface area contributed by atoms with E-state index in [1.165, 1.54) is 0 Å². The molecule has 0 fully saturated rings. The summed E-state index contributed by atoms with van der Waals surface area (Å²) in [5.41, 5.74) is 2.09. The SMILES string of the molecule is CCCNC(c1cccc(Cl)c1Cl)c1ccnn1CC. The monoisotopic (exact) mass is 311 g/mol. The van der Waals surface area contributed by atoms with Gasteiger partial charge in [0.2, 0.25) is 0 Å². The third-order valence-corrected chi connectivity index (χ3v) is 4.07. The van der Waals surface area contributed by atoms with Crippen molar-refractivity contribution in [2.45, 2.75) is 32.9 Å². The number of hydrogen-bond donors (Lipinski definition) is 1. The number of nitrogens with zero attached hydrogens (tertiary/aromatic N) is 2. The van der Waals surface area contributed by atoms with Gasteiger partial charge >= 0.3 is 0 Å². The van der Waals surface area contributed by atoms with Gasteiger partial charge in [-0.2, -0.15) is 5.10 Å². The first-order chi connectivity index (χ1) is 9.69. The van der Waals surface area contributed by atoms with Gasteiger partial charge in [-0.15, -0.1) is 0 Å². The maximum Gasteiger partial charge on any atom is 0.0763 e. The lowest BCUT2D eigenvalue weighted by atomic mass is 10.0. The topological polar surface area (TPSA) is 29.9 Å². The number of aromatic nitrogens is 2. The molecular formula is C15H19Cl2N3. The third-order valence-electron chi connectivity index (χ3n) is 3.24. The second-order valence-electron chi connectivity index (χ2n) is 4.60. The molecule has 1 atom stereocenters. The van der Waals surface area contributed by atoms with E-state index in [1.54, 1.807) is 6.07 Å². The molecule has 3 nitrogen and oxygen atoms in total. The van der Waals surface area contributed by atoms with Crippen LogP contribution in [0.2, 0.25) is 10.0 Å². The molecule has 2 rings (SSSR count). The second-order valence-corrected chi connectivity index (χ2v) is 5.39. The van der Waals surface area contributed by atoms with E-state index in [1.807, 2.05) is 29.1 Å². The first kappa shape index (κ1) is 15.4. The fourth-order valence-electron chi connectivity index (χ4n) is 2.26. The van der Waals surface area contributed by atoms with E-state index in [9.17, 15) is 0 Å². The van der Waals surface area contributed by atoms with Gasteiger partial charge in [-0.1, -0.05) is 42.3 Å². The Kier molecular flexibility index (Phi) is 5.46. The Morgan fingerprint density at radius 1 is 1.25 bits per heavy atom. The van der Waals surface area contributed by atoms with Gasteiger partial charge in [0.15, 0.2) is 0 Å². The van der Waals surface area contributed by atoms with Crippen molar-refractivity contribution in [3.8, 4) is 0 Å². The molecule has 20 heavy (non-hydrogen) atoms. The number of hydrogen-bond acceptors (Lipinski definition) is 2. The summed E-state index contributed by atoms with van der Waals surface area (Å²) in [5, 5.41) is 9.05. The van der Waals surface area contributed by atoms with Crippen molar-refractivity contribution >= 4 is 23.2 Å². The first-order valence-electron chi connectivity index (χ1n) is 6.88. The highest BCUT2D eigenvalue weighted by Crippen LogP contribution is 2.33. The first-order valence-corrected chi connectivity index (χ1v) is 7.63. The van der Waals surface area contributed by atoms with E-state index in [4.69, 9.17) is 23.2 Å². The van der Waals surface area contributed by atoms with Gasteiger partial charge in [0, 0.05) is 12.7 Å². The minimum atomic E-state index is 0.00333. The lowest BCUT2D eigenvalue weighted by molar-refractivity contribution is 0.530. The molecule has 1 aromatic carbocycles. The molecule has 1 aromatic heterocycles. The molecule has 0 aliphatic heterocycles. The van der Waals surface area contributed by atoms with Crippen molar-refractivity contribution < 1.29 is 0 Å². The molecular weight excluding hydrogens is 293 g/mol. The van der Waals surface area contributed by atoms with Crippen LogP contribution < -0.4 is 5.32 Å². The average Bonchev–Trinajstić information content (AvgIpc) is 2.92. The van der Waals surface area contributed by atoms with Gasteiger partial charge < -0.3 is 5.32 Å². The maximum atomic E-state index is 6.38. The zero-order valence-electron chi connectivity index (χ0n) is 11.7. The highest BCUT2D eigenvalue weighted by atomic mass is 35.5. The summed E-state index contributed by atoms with van der Waals surface area (Å²) < 4.78 is 1.98. The van der Waals surface area contributed by atoms with E-state index in [2.05, 4.69) is 24.3 Å². The molecule has 0 saturated heterocycles. The van der Waals surface area contributed by atoms with Crippen molar-refractivity contribution in [2.75, 3.05) is 6.54 Å². The molecule has 0 amide bonds. The quantitative estimate of drug-likeness (QED) is 0.862. The number of benzene rings is 1. The number of nitrogens with one attached hydrogen (secondary N) is 1. The Labute approximate surface area is 129 Å². The van der Waals surface area contributed by atoms with Crippen LogP contribution in [0.25, 0.3) is 0 Å². The van der Waals surface area contributed by atoms with Crippen molar-refractivity contribution in [3.05, 3.63) is 51.8 Å². The molecule has 108 valence electrons. The lowest BCUT2D eigenvalue weighted by Gasteiger charge is -2.21. The zero-order valence-corrected chi connectivity index (χ0v) is 13.2. The number of aryl methyl sites for hydroxylation is 1. The van der Waals surface area contributed by atoms with Gasteiger partial charge in [-0.05, 0) is 37.6 Å². The largest absolute Gasteiger partial charge is 0.305 e. The second kappa shape index (κ2) is 7.11. The molecule has 0 aliphatic carbocycles. The molecule has 1 heterocycles. The fourth-order valence-corrected chi connectivity index (χ4v) is 2.68. The van der Waals surface area contributed by atoms with E-state index in [-0.39, 0.29) is 6.04 Å². The Bertz CT molecular complexity index is 566. The Morgan fingerprint density at radius 2 is 2.05 bits per heavy atom. The highest BCUT2D eigenvalue weighted by molar-refractivity contribution is 6.42. The van der Waals surface area contributed by atoms with E-state index in [0.717, 1.165) is 30.8 Å². The van der Waals surface area contributed by atoms with Gasteiger partial charge in [0.25, 0.3) is 0 Å². The molecule has 0 bridgehead atoms. The van der Waals surface area contributed by atoms with Crippen LogP contribution in [0.3, 0.4) is 0 Å². The van der Waals surface area contributed by atoms with E-state index >= 15 is 0 Å². The third kappa shape index (κ3) is 3.17. The Morgan fingerprint density at radius 3 is 2.75 bits per heavy atom. The van der Waals surface area contributed by atoms with Crippen molar-refractivity contribution in [1.82, 2.24) is 15.1 Å². The number of rotatable bonds is 6. The van der Waals surface area contributed by atoms with Crippen LogP contribution in [0.15, 0.2) is 30.5 Å². The maximum absolute atomic E-state index is 6.38. The average molecular weight is 312 g/mol. The van der Waals surface area contributed by atoms with Gasteiger partial charge in [0.05, 0.1) is 21.8 Å². The Hall–Kier alpha value is -1.03. The van der Waals surface area contributed by atoms with Gasteiger partial charge in [-0.25, -0.2) is 0 Å². The normalized spacial score (nSPS) is 12.6. The van der Waals surface area contributed by atoms with Crippen LogP contribution >= 0.6 is 23.2 Å². The Balaban J connectivity index is 2.44. The summed E-state index contributed by atoms with van der Waals surface area (Å²) >= 11 is 12.5. The summed E-state index contributed by atoms with van der Waals surface area (Å²) in [4.78, 5) is 0. The smallest absolute Gasteiger partial charge is 0.0763 e. The van der Waals surface area contributed by atoms with Crippen LogP contribution in [0.4, 0.5) is 0 Å². The summed E-state index contributed by atoms with van der Waals surface area (Å²) in [7, 11) is 0. The molecule has 1 unspecified atom stereocenters. The lowest BCUT2D eigenvalue weighted by Crippen LogP contribution is -2.26. The van der Waals surface area contributed by atoms with E-state index < -0.39 is 0 Å². The molecule has 2 aromatic rings. The summed E-state index contributed by atoms with van der Waals surface area (Å²) in [6.45, 7) is 5.95. The minimum Gasteiger partial charge on any atom is -0.305 e. The highest BCUT2D eigenvalue weighted by Gasteiger charge is 2.20.